The van der Waals surface area contributed by atoms with Gasteiger partial charge in [-0.1, -0.05) is 13.8 Å². The van der Waals surface area contributed by atoms with Gasteiger partial charge in [-0.2, -0.15) is 0 Å². The lowest BCUT2D eigenvalue weighted by atomic mass is 9.91. The summed E-state index contributed by atoms with van der Waals surface area (Å²) >= 11 is 0. The van der Waals surface area contributed by atoms with Crippen molar-refractivity contribution in [2.45, 2.75) is 33.2 Å². The zero-order valence-electron chi connectivity index (χ0n) is 12.3. The average molecular weight is 269 g/mol. The highest BCUT2D eigenvalue weighted by atomic mass is 16.2. The summed E-state index contributed by atoms with van der Waals surface area (Å²) in [6.45, 7) is 6.22. The molecule has 0 bridgehead atoms. The number of amides is 4. The smallest absolute Gasteiger partial charge is 0.309 e. The number of nitrogens with zero attached hydrogens (tertiary/aromatic N) is 2. The van der Waals surface area contributed by atoms with E-state index < -0.39 is 17.9 Å². The molecule has 0 aromatic heterocycles. The van der Waals surface area contributed by atoms with Gasteiger partial charge < -0.3 is 4.90 Å². The Morgan fingerprint density at radius 2 is 1.79 bits per heavy atom. The van der Waals surface area contributed by atoms with Crippen molar-refractivity contribution in [2.75, 3.05) is 20.6 Å². The highest BCUT2D eigenvalue weighted by Gasteiger charge is 2.43. The predicted octanol–water partition coefficient (Wildman–Crippen LogP) is 0.677. The Morgan fingerprint density at radius 1 is 1.21 bits per heavy atom. The number of barbiturate groups is 1. The summed E-state index contributed by atoms with van der Waals surface area (Å²) in [4.78, 5) is 39.0. The van der Waals surface area contributed by atoms with Crippen LogP contribution in [0.1, 0.15) is 27.2 Å². The van der Waals surface area contributed by atoms with Crippen LogP contribution < -0.4 is 5.32 Å². The quantitative estimate of drug-likeness (QED) is 0.745. The minimum Gasteiger partial charge on any atom is -0.309 e. The molecule has 2 unspecified atom stereocenters. The van der Waals surface area contributed by atoms with Gasteiger partial charge in [0.1, 0.15) is 5.92 Å². The van der Waals surface area contributed by atoms with Crippen LogP contribution in [0.4, 0.5) is 4.79 Å². The molecule has 0 aromatic rings. The zero-order valence-corrected chi connectivity index (χ0v) is 12.3. The second-order valence-corrected chi connectivity index (χ2v) is 5.67. The number of carbonyl (C=O) groups excluding carboxylic acids is 3. The molecule has 2 atom stereocenters. The van der Waals surface area contributed by atoms with Crippen LogP contribution in [0.15, 0.2) is 0 Å². The molecule has 6 nitrogen and oxygen atoms in total. The standard InChI is InChI=1S/C13H23N3O3/c1-8(2)10-11(17)14-13(19)16(12(10)18)9(3)6-7-15(4)5/h8-10H,6-7H2,1-5H3,(H,14,17,19). The Morgan fingerprint density at radius 3 is 2.26 bits per heavy atom. The number of hydrogen-bond donors (Lipinski definition) is 1. The minimum atomic E-state index is -0.764. The van der Waals surface area contributed by atoms with Crippen molar-refractivity contribution in [3.8, 4) is 0 Å². The fourth-order valence-electron chi connectivity index (χ4n) is 2.18. The number of hydrogen-bond acceptors (Lipinski definition) is 4. The Balaban J connectivity index is 2.83. The maximum absolute atomic E-state index is 12.3. The third kappa shape index (κ3) is 3.53. The van der Waals surface area contributed by atoms with E-state index in [0.29, 0.717) is 6.42 Å². The molecule has 1 aliphatic heterocycles. The van der Waals surface area contributed by atoms with Crippen molar-refractivity contribution < 1.29 is 14.4 Å². The van der Waals surface area contributed by atoms with E-state index in [2.05, 4.69) is 5.32 Å². The minimum absolute atomic E-state index is 0.121. The lowest BCUT2D eigenvalue weighted by Crippen LogP contribution is -2.61. The lowest BCUT2D eigenvalue weighted by molar-refractivity contribution is -0.145. The van der Waals surface area contributed by atoms with Gasteiger partial charge in [0.05, 0.1) is 0 Å². The third-order valence-corrected chi connectivity index (χ3v) is 3.34. The fourth-order valence-corrected chi connectivity index (χ4v) is 2.18. The Labute approximate surface area is 114 Å². The van der Waals surface area contributed by atoms with E-state index in [-0.39, 0.29) is 17.9 Å². The molecule has 108 valence electrons. The van der Waals surface area contributed by atoms with Gasteiger partial charge in [0.2, 0.25) is 11.8 Å². The van der Waals surface area contributed by atoms with Gasteiger partial charge in [-0.15, -0.1) is 0 Å². The van der Waals surface area contributed by atoms with E-state index >= 15 is 0 Å². The number of urea groups is 1. The van der Waals surface area contributed by atoms with Gasteiger partial charge in [-0.25, -0.2) is 4.79 Å². The van der Waals surface area contributed by atoms with Crippen molar-refractivity contribution in [3.63, 3.8) is 0 Å². The predicted molar refractivity (Wildman–Crippen MR) is 71.3 cm³/mol. The summed E-state index contributed by atoms with van der Waals surface area (Å²) in [6, 6.07) is -0.817. The molecule has 1 N–H and O–H groups in total. The molecule has 0 aromatic carbocycles. The Hall–Kier alpha value is -1.43. The number of carbonyl (C=O) groups is 3. The monoisotopic (exact) mass is 269 g/mol. The second kappa shape index (κ2) is 6.14. The van der Waals surface area contributed by atoms with Crippen LogP contribution >= 0.6 is 0 Å². The van der Waals surface area contributed by atoms with Crippen LogP contribution in [-0.4, -0.2) is 54.3 Å². The van der Waals surface area contributed by atoms with Gasteiger partial charge in [-0.05, 0) is 39.9 Å². The van der Waals surface area contributed by atoms with Crippen LogP contribution in [0.3, 0.4) is 0 Å². The molecule has 1 rings (SSSR count). The summed E-state index contributed by atoms with van der Waals surface area (Å²) in [5, 5.41) is 2.27. The summed E-state index contributed by atoms with van der Waals surface area (Å²) in [5.41, 5.74) is 0. The van der Waals surface area contributed by atoms with Crippen LogP contribution in [0.25, 0.3) is 0 Å². The van der Waals surface area contributed by atoms with Crippen LogP contribution in [0.2, 0.25) is 0 Å². The number of nitrogens with one attached hydrogen (secondary N) is 1. The first kappa shape index (κ1) is 15.6. The molecule has 4 amide bonds. The van der Waals surface area contributed by atoms with Crippen LogP contribution in [0.5, 0.6) is 0 Å². The van der Waals surface area contributed by atoms with Gasteiger partial charge in [-0.3, -0.25) is 19.8 Å². The van der Waals surface area contributed by atoms with Crippen molar-refractivity contribution in [2.24, 2.45) is 11.8 Å². The summed E-state index contributed by atoms with van der Waals surface area (Å²) < 4.78 is 0. The molecule has 0 aliphatic carbocycles. The van der Waals surface area contributed by atoms with E-state index in [1.54, 1.807) is 13.8 Å². The SMILES string of the molecule is CC(C)C1C(=O)NC(=O)N(C(C)CCN(C)C)C1=O. The largest absolute Gasteiger partial charge is 0.331 e. The molecule has 1 saturated heterocycles. The summed E-state index contributed by atoms with van der Waals surface area (Å²) in [6.07, 6.45) is 0.686. The molecule has 0 spiro atoms. The summed E-state index contributed by atoms with van der Waals surface area (Å²) in [5.74, 6) is -1.75. The molecule has 1 heterocycles. The Kier molecular flexibility index (Phi) is 5.05. The maximum Gasteiger partial charge on any atom is 0.331 e. The molecule has 1 fully saturated rings. The normalized spacial score (nSPS) is 22.2. The first-order chi connectivity index (χ1) is 8.75. The molecule has 19 heavy (non-hydrogen) atoms. The zero-order chi connectivity index (χ0) is 14.7. The topological polar surface area (TPSA) is 69.7 Å². The molecule has 0 saturated carbocycles. The van der Waals surface area contributed by atoms with Crippen LogP contribution in [-0.2, 0) is 9.59 Å². The van der Waals surface area contributed by atoms with Gasteiger partial charge >= 0.3 is 6.03 Å². The second-order valence-electron chi connectivity index (χ2n) is 5.67. The number of imide groups is 2. The summed E-state index contributed by atoms with van der Waals surface area (Å²) in [7, 11) is 3.87. The van der Waals surface area contributed by atoms with Crippen molar-refractivity contribution >= 4 is 17.8 Å². The van der Waals surface area contributed by atoms with Gasteiger partial charge in [0.25, 0.3) is 0 Å². The van der Waals surface area contributed by atoms with E-state index in [1.165, 1.54) is 4.90 Å². The van der Waals surface area contributed by atoms with E-state index in [4.69, 9.17) is 0 Å². The molecule has 0 radical (unpaired) electrons. The van der Waals surface area contributed by atoms with E-state index in [9.17, 15) is 14.4 Å². The number of rotatable bonds is 5. The lowest BCUT2D eigenvalue weighted by Gasteiger charge is -2.35. The van der Waals surface area contributed by atoms with Crippen LogP contribution in [0, 0.1) is 11.8 Å². The Bertz CT molecular complexity index is 379. The molecule has 1 aliphatic rings. The van der Waals surface area contributed by atoms with Crippen molar-refractivity contribution in [1.82, 2.24) is 15.1 Å². The highest BCUT2D eigenvalue weighted by molar-refractivity contribution is 6.16. The van der Waals surface area contributed by atoms with E-state index in [0.717, 1.165) is 6.54 Å². The van der Waals surface area contributed by atoms with Crippen molar-refractivity contribution in [3.05, 3.63) is 0 Å². The third-order valence-electron chi connectivity index (χ3n) is 3.34. The molecular formula is C13H23N3O3. The maximum atomic E-state index is 12.3. The molecule has 6 heteroatoms. The molecular weight excluding hydrogens is 246 g/mol. The average Bonchev–Trinajstić information content (AvgIpc) is 2.24. The fraction of sp³-hybridized carbons (Fsp3) is 0.769. The first-order valence-corrected chi connectivity index (χ1v) is 6.58. The van der Waals surface area contributed by atoms with Crippen molar-refractivity contribution in [1.29, 1.82) is 0 Å². The first-order valence-electron chi connectivity index (χ1n) is 6.58. The van der Waals surface area contributed by atoms with Gasteiger partial charge in [0, 0.05) is 6.04 Å². The van der Waals surface area contributed by atoms with E-state index in [1.807, 2.05) is 25.9 Å². The van der Waals surface area contributed by atoms with Gasteiger partial charge in [0.15, 0.2) is 0 Å². The highest BCUT2D eigenvalue weighted by Crippen LogP contribution is 2.21.